The molecule has 8 N–H and O–H groups in total. The molecule has 11 nitrogen and oxygen atoms in total. The van der Waals surface area contributed by atoms with Crippen molar-refractivity contribution in [3.8, 4) is 11.1 Å². The second kappa shape index (κ2) is 7.11. The first-order chi connectivity index (χ1) is 15.2. The molecule has 0 aliphatic heterocycles. The number of carbonyl (C=O) groups is 2. The van der Waals surface area contributed by atoms with Crippen LogP contribution in [0.25, 0.3) is 11.1 Å². The fraction of sp³-hybridized carbons (Fsp3) is 0. The first kappa shape index (κ1) is 22.4. The summed E-state index contributed by atoms with van der Waals surface area (Å²) in [7, 11) is -9.92. The second-order valence-electron chi connectivity index (χ2n) is 7.21. The summed E-state index contributed by atoms with van der Waals surface area (Å²) >= 11 is 0. The lowest BCUT2D eigenvalue weighted by molar-refractivity contribution is 0.0980. The number of hydrogen-bond donors (Lipinski definition) is 5. The van der Waals surface area contributed by atoms with E-state index in [9.17, 15) is 35.5 Å². The van der Waals surface area contributed by atoms with Gasteiger partial charge in [-0.25, -0.2) is 0 Å². The molecule has 0 unspecified atom stereocenters. The number of fused-ring (bicyclic) bond motifs is 2. The maximum atomic E-state index is 13.1. The number of ketones is 2. The van der Waals surface area contributed by atoms with Gasteiger partial charge in [0.1, 0.15) is 9.79 Å². The Morgan fingerprint density at radius 3 is 1.70 bits per heavy atom. The normalized spacial score (nSPS) is 13.5. The Morgan fingerprint density at radius 2 is 1.15 bits per heavy atom. The Balaban J connectivity index is 2.12. The van der Waals surface area contributed by atoms with E-state index in [-0.39, 0.29) is 39.2 Å². The first-order valence-electron chi connectivity index (χ1n) is 9.02. The van der Waals surface area contributed by atoms with E-state index in [0.29, 0.717) is 12.1 Å². The predicted octanol–water partition coefficient (Wildman–Crippen LogP) is 1.37. The van der Waals surface area contributed by atoms with Gasteiger partial charge in [0, 0.05) is 27.8 Å². The van der Waals surface area contributed by atoms with Gasteiger partial charge in [-0.1, -0.05) is 24.3 Å². The molecule has 0 aromatic heterocycles. The van der Waals surface area contributed by atoms with Gasteiger partial charge in [0.05, 0.1) is 22.6 Å². The third-order valence-corrected chi connectivity index (χ3v) is 7.06. The Hall–Kier alpha value is -3.78. The van der Waals surface area contributed by atoms with Gasteiger partial charge in [0.25, 0.3) is 20.2 Å². The topological polar surface area (TPSA) is 221 Å². The molecule has 0 saturated heterocycles. The monoisotopic (exact) mass is 489 g/mol. The Labute approximate surface area is 187 Å². The summed E-state index contributed by atoms with van der Waals surface area (Å²) in [6, 6.07) is 8.34. The lowest BCUT2D eigenvalue weighted by Gasteiger charge is -2.22. The highest BCUT2D eigenvalue weighted by Gasteiger charge is 2.34. The van der Waals surface area contributed by atoms with E-state index in [4.69, 9.17) is 17.2 Å². The van der Waals surface area contributed by atoms with Gasteiger partial charge in [-0.15, -0.1) is 0 Å². The van der Waals surface area contributed by atoms with Crippen LogP contribution in [0.4, 0.5) is 17.1 Å². The predicted molar refractivity (Wildman–Crippen MR) is 118 cm³/mol. The molecule has 3 aromatic carbocycles. The van der Waals surface area contributed by atoms with Gasteiger partial charge >= 0.3 is 0 Å². The average molecular weight is 489 g/mol. The molecule has 33 heavy (non-hydrogen) atoms. The van der Waals surface area contributed by atoms with Gasteiger partial charge in [-0.3, -0.25) is 18.7 Å². The third-order valence-electron chi connectivity index (χ3n) is 5.25. The van der Waals surface area contributed by atoms with Gasteiger partial charge in [-0.05, 0) is 18.2 Å². The molecule has 0 radical (unpaired) electrons. The molecule has 4 rings (SSSR count). The van der Waals surface area contributed by atoms with Crippen LogP contribution in [0.2, 0.25) is 0 Å². The van der Waals surface area contributed by atoms with Crippen LogP contribution in [0, 0.1) is 0 Å². The van der Waals surface area contributed by atoms with E-state index in [2.05, 4.69) is 0 Å². The van der Waals surface area contributed by atoms with Crippen LogP contribution >= 0.6 is 0 Å². The van der Waals surface area contributed by atoms with Crippen LogP contribution in [0.1, 0.15) is 31.8 Å². The van der Waals surface area contributed by atoms with Crippen molar-refractivity contribution >= 4 is 48.9 Å². The van der Waals surface area contributed by atoms with Crippen molar-refractivity contribution < 1.29 is 35.5 Å². The number of benzene rings is 3. The van der Waals surface area contributed by atoms with Crippen molar-refractivity contribution in [1.82, 2.24) is 0 Å². The smallest absolute Gasteiger partial charge is 0.296 e. The number of nitrogens with two attached hydrogens (primary N) is 3. The SMILES string of the molecule is Nc1cc(S(=O)(=O)O)c(-c2cc3c(c(N)c2N)C(=O)c2ccccc2C3=O)cc1S(=O)(=O)O. The zero-order chi connectivity index (χ0) is 24.5. The zero-order valence-electron chi connectivity index (χ0n) is 16.4. The minimum atomic E-state index is -4.99. The third kappa shape index (κ3) is 3.43. The van der Waals surface area contributed by atoms with Gasteiger partial charge in [0.15, 0.2) is 11.6 Å². The zero-order valence-corrected chi connectivity index (χ0v) is 18.1. The Bertz CT molecular complexity index is 1630. The molecular formula is C20H15N3O8S2. The average Bonchev–Trinajstić information content (AvgIpc) is 2.72. The molecule has 0 bridgehead atoms. The summed E-state index contributed by atoms with van der Waals surface area (Å²) in [4.78, 5) is 24.3. The molecule has 1 aliphatic rings. The summed E-state index contributed by atoms with van der Waals surface area (Å²) in [5.41, 5.74) is 15.3. The minimum Gasteiger partial charge on any atom is -0.398 e. The van der Waals surface area contributed by atoms with Crippen molar-refractivity contribution in [2.24, 2.45) is 0 Å². The van der Waals surface area contributed by atoms with Crippen LogP contribution in [0.3, 0.4) is 0 Å². The van der Waals surface area contributed by atoms with Crippen LogP contribution < -0.4 is 17.2 Å². The van der Waals surface area contributed by atoms with Crippen molar-refractivity contribution in [1.29, 1.82) is 0 Å². The van der Waals surface area contributed by atoms with Gasteiger partial charge in [0.2, 0.25) is 0 Å². The molecule has 3 aromatic rings. The summed E-state index contributed by atoms with van der Waals surface area (Å²) in [5.74, 6) is -1.19. The molecule has 1 aliphatic carbocycles. The van der Waals surface area contributed by atoms with Crippen LogP contribution in [-0.4, -0.2) is 37.5 Å². The number of carbonyl (C=O) groups excluding carboxylic acids is 2. The molecule has 0 atom stereocenters. The van der Waals surface area contributed by atoms with Crippen LogP contribution in [0.15, 0.2) is 52.3 Å². The van der Waals surface area contributed by atoms with Crippen molar-refractivity contribution in [2.45, 2.75) is 9.79 Å². The number of nitrogen functional groups attached to an aromatic ring is 3. The lowest BCUT2D eigenvalue weighted by Crippen LogP contribution is -2.23. The van der Waals surface area contributed by atoms with Crippen molar-refractivity contribution in [2.75, 3.05) is 17.2 Å². The van der Waals surface area contributed by atoms with E-state index in [1.165, 1.54) is 12.1 Å². The van der Waals surface area contributed by atoms with Crippen molar-refractivity contribution in [3.05, 3.63) is 64.7 Å². The van der Waals surface area contributed by atoms with Crippen LogP contribution in [-0.2, 0) is 20.2 Å². The summed E-state index contributed by atoms with van der Waals surface area (Å²) < 4.78 is 66.6. The van der Waals surface area contributed by atoms with E-state index in [0.717, 1.165) is 6.07 Å². The molecular weight excluding hydrogens is 474 g/mol. The number of hydrogen-bond acceptors (Lipinski definition) is 9. The quantitative estimate of drug-likeness (QED) is 0.204. The van der Waals surface area contributed by atoms with E-state index < -0.39 is 52.8 Å². The molecule has 0 spiro atoms. The Kier molecular flexibility index (Phi) is 4.83. The molecule has 170 valence electrons. The van der Waals surface area contributed by atoms with Crippen LogP contribution in [0.5, 0.6) is 0 Å². The fourth-order valence-electron chi connectivity index (χ4n) is 3.75. The molecule has 0 heterocycles. The highest BCUT2D eigenvalue weighted by molar-refractivity contribution is 7.86. The lowest BCUT2D eigenvalue weighted by atomic mass is 9.81. The maximum Gasteiger partial charge on any atom is 0.296 e. The van der Waals surface area contributed by atoms with Gasteiger partial charge in [-0.2, -0.15) is 16.8 Å². The highest BCUT2D eigenvalue weighted by Crippen LogP contribution is 2.43. The second-order valence-corrected chi connectivity index (χ2v) is 9.99. The molecule has 13 heteroatoms. The minimum absolute atomic E-state index is 0.0797. The Morgan fingerprint density at radius 1 is 0.606 bits per heavy atom. The summed E-state index contributed by atoms with van der Waals surface area (Å²) in [6.45, 7) is 0. The summed E-state index contributed by atoms with van der Waals surface area (Å²) in [5, 5.41) is 0. The molecule has 0 amide bonds. The molecule has 0 fully saturated rings. The highest BCUT2D eigenvalue weighted by atomic mass is 32.2. The summed E-state index contributed by atoms with van der Waals surface area (Å²) in [6.07, 6.45) is 0. The van der Waals surface area contributed by atoms with Gasteiger partial charge < -0.3 is 17.2 Å². The fourth-order valence-corrected chi connectivity index (χ4v) is 5.09. The van der Waals surface area contributed by atoms with E-state index >= 15 is 0 Å². The molecule has 0 saturated carbocycles. The number of rotatable bonds is 3. The van der Waals surface area contributed by atoms with Crippen molar-refractivity contribution in [3.63, 3.8) is 0 Å². The first-order valence-corrected chi connectivity index (χ1v) is 11.9. The maximum absolute atomic E-state index is 13.1. The van der Waals surface area contributed by atoms with E-state index in [1.807, 2.05) is 0 Å². The number of anilines is 3. The largest absolute Gasteiger partial charge is 0.398 e. The van der Waals surface area contributed by atoms with E-state index in [1.54, 1.807) is 12.1 Å². The standard InChI is InChI=1S/C20H15N3O8S2/c21-13-7-14(32(26,27)28)10(6-15(13)33(29,30)31)11-5-12-16(18(23)17(11)22)20(25)9-4-2-1-3-8(9)19(12)24/h1-7H,21-23H2,(H,26,27,28)(H,29,30,31).